The minimum absolute atomic E-state index is 0.239. The van der Waals surface area contributed by atoms with E-state index in [0.29, 0.717) is 18.9 Å². The summed E-state index contributed by atoms with van der Waals surface area (Å²) < 4.78 is 0.997. The van der Waals surface area contributed by atoms with Crippen molar-refractivity contribution >= 4 is 27.6 Å². The van der Waals surface area contributed by atoms with E-state index in [1.165, 1.54) is 0 Å². The molecule has 1 heterocycles. The molecule has 0 spiro atoms. The molecule has 0 aliphatic heterocycles. The second-order valence-electron chi connectivity index (χ2n) is 4.92. The van der Waals surface area contributed by atoms with Gasteiger partial charge in [0.1, 0.15) is 11.7 Å². The number of pyridine rings is 1. The molecule has 0 unspecified atom stereocenters. The van der Waals surface area contributed by atoms with Crippen LogP contribution in [-0.2, 0) is 0 Å². The number of aromatic nitrogens is 1. The molecule has 0 aliphatic carbocycles. The third kappa shape index (κ3) is 5.06. The third-order valence-corrected chi connectivity index (χ3v) is 3.52. The normalized spacial score (nSPS) is 11.9. The van der Waals surface area contributed by atoms with Crippen molar-refractivity contribution in [3.8, 4) is 0 Å². The van der Waals surface area contributed by atoms with Gasteiger partial charge in [-0.15, -0.1) is 0 Å². The van der Waals surface area contributed by atoms with Gasteiger partial charge in [0.25, 0.3) is 0 Å². The summed E-state index contributed by atoms with van der Waals surface area (Å²) in [6.07, 6.45) is 0.514. The predicted octanol–water partition coefficient (Wildman–Crippen LogP) is 2.75. The van der Waals surface area contributed by atoms with Crippen molar-refractivity contribution in [1.29, 1.82) is 0 Å². The number of oxime groups is 1. The van der Waals surface area contributed by atoms with Gasteiger partial charge in [-0.05, 0) is 40.9 Å². The van der Waals surface area contributed by atoms with E-state index in [0.717, 1.165) is 22.5 Å². The first-order valence-corrected chi connectivity index (χ1v) is 7.07. The monoisotopic (exact) mass is 328 g/mol. The second kappa shape index (κ2) is 7.33. The number of nitrogens with zero attached hydrogens (tertiary/aromatic N) is 3. The third-order valence-electron chi connectivity index (χ3n) is 2.68. The van der Waals surface area contributed by atoms with E-state index in [-0.39, 0.29) is 5.84 Å². The highest BCUT2D eigenvalue weighted by Gasteiger charge is 2.11. The number of amidine groups is 1. The Morgan fingerprint density at radius 1 is 1.53 bits per heavy atom. The van der Waals surface area contributed by atoms with Gasteiger partial charge in [-0.1, -0.05) is 19.0 Å². The molecule has 0 bridgehead atoms. The fraction of sp³-hybridized carbons (Fsp3) is 0.538. The summed E-state index contributed by atoms with van der Waals surface area (Å²) in [7, 11) is 0. The van der Waals surface area contributed by atoms with Crippen molar-refractivity contribution in [1.82, 2.24) is 4.98 Å². The van der Waals surface area contributed by atoms with Gasteiger partial charge in [0.2, 0.25) is 0 Å². The van der Waals surface area contributed by atoms with Gasteiger partial charge in [0.05, 0.1) is 5.69 Å². The molecule has 3 N–H and O–H groups in total. The lowest BCUT2D eigenvalue weighted by Gasteiger charge is -2.26. The molecule has 5 nitrogen and oxygen atoms in total. The minimum atomic E-state index is 0.239. The van der Waals surface area contributed by atoms with E-state index in [9.17, 15) is 0 Å². The largest absolute Gasteiger partial charge is 0.409 e. The van der Waals surface area contributed by atoms with Crippen LogP contribution in [0.4, 0.5) is 5.82 Å². The zero-order chi connectivity index (χ0) is 14.4. The molecule has 0 aliphatic rings. The Bertz CT molecular complexity index is 448. The molecular weight excluding hydrogens is 308 g/mol. The molecule has 6 heteroatoms. The summed E-state index contributed by atoms with van der Waals surface area (Å²) in [4.78, 5) is 6.72. The number of halogens is 1. The zero-order valence-corrected chi connectivity index (χ0v) is 13.2. The van der Waals surface area contributed by atoms with Gasteiger partial charge in [0.15, 0.2) is 0 Å². The van der Waals surface area contributed by atoms with Crippen molar-refractivity contribution < 1.29 is 5.21 Å². The number of rotatable bonds is 6. The Morgan fingerprint density at radius 3 is 2.74 bits per heavy atom. The average molecular weight is 329 g/mol. The number of anilines is 1. The van der Waals surface area contributed by atoms with Crippen LogP contribution in [0.1, 0.15) is 26.0 Å². The lowest BCUT2D eigenvalue weighted by atomic mass is 10.2. The van der Waals surface area contributed by atoms with Crippen LogP contribution in [0.2, 0.25) is 0 Å². The lowest BCUT2D eigenvalue weighted by Crippen LogP contribution is -2.32. The van der Waals surface area contributed by atoms with E-state index in [1.54, 1.807) is 0 Å². The van der Waals surface area contributed by atoms with E-state index in [1.807, 2.05) is 19.1 Å². The van der Waals surface area contributed by atoms with Gasteiger partial charge >= 0.3 is 0 Å². The van der Waals surface area contributed by atoms with E-state index >= 15 is 0 Å². The molecular formula is C13H21BrN4O. The average Bonchev–Trinajstić information content (AvgIpc) is 2.37. The van der Waals surface area contributed by atoms with Gasteiger partial charge in [-0.25, -0.2) is 4.98 Å². The SMILES string of the molecule is Cc1nc(N(CC/C(N)=N/O)CC(C)C)ccc1Br. The predicted molar refractivity (Wildman–Crippen MR) is 81.8 cm³/mol. The summed E-state index contributed by atoms with van der Waals surface area (Å²) >= 11 is 3.45. The van der Waals surface area contributed by atoms with Crippen LogP contribution in [0.25, 0.3) is 0 Å². The standard InChI is InChI=1S/C13H21BrN4O/c1-9(2)8-18(7-6-12(15)17-19)13-5-4-11(14)10(3)16-13/h4-5,9,19H,6-8H2,1-3H3,(H2,15,17). The number of aryl methyl sites for hydroxylation is 1. The Balaban J connectivity index is 2.85. The second-order valence-corrected chi connectivity index (χ2v) is 5.77. The van der Waals surface area contributed by atoms with Gasteiger partial charge in [0, 0.05) is 24.0 Å². The first-order chi connectivity index (χ1) is 8.93. The highest BCUT2D eigenvalue weighted by atomic mass is 79.9. The van der Waals surface area contributed by atoms with Crippen molar-refractivity contribution in [2.45, 2.75) is 27.2 Å². The molecule has 0 amide bonds. The van der Waals surface area contributed by atoms with Gasteiger partial charge in [-0.3, -0.25) is 0 Å². The first-order valence-electron chi connectivity index (χ1n) is 6.28. The van der Waals surface area contributed by atoms with Crippen LogP contribution in [0, 0.1) is 12.8 Å². The number of hydrogen-bond donors (Lipinski definition) is 2. The molecule has 0 saturated heterocycles. The summed E-state index contributed by atoms with van der Waals surface area (Å²) in [5, 5.41) is 11.6. The quantitative estimate of drug-likeness (QED) is 0.364. The fourth-order valence-corrected chi connectivity index (χ4v) is 1.97. The molecule has 0 aromatic carbocycles. The molecule has 1 aromatic heterocycles. The van der Waals surface area contributed by atoms with Crippen molar-refractivity contribution in [2.75, 3.05) is 18.0 Å². The van der Waals surface area contributed by atoms with E-state index in [4.69, 9.17) is 10.9 Å². The van der Waals surface area contributed by atoms with Crippen LogP contribution < -0.4 is 10.6 Å². The Kier molecular flexibility index (Phi) is 6.08. The molecule has 0 saturated carbocycles. The van der Waals surface area contributed by atoms with Crippen LogP contribution in [0.3, 0.4) is 0 Å². The van der Waals surface area contributed by atoms with Crippen molar-refractivity contribution in [3.05, 3.63) is 22.3 Å². The highest BCUT2D eigenvalue weighted by molar-refractivity contribution is 9.10. The Labute approximate surface area is 122 Å². The van der Waals surface area contributed by atoms with Crippen molar-refractivity contribution in [2.24, 2.45) is 16.8 Å². The molecule has 106 valence electrons. The summed E-state index contributed by atoms with van der Waals surface area (Å²) in [6, 6.07) is 3.97. The van der Waals surface area contributed by atoms with Crippen LogP contribution in [0.15, 0.2) is 21.8 Å². The van der Waals surface area contributed by atoms with Crippen LogP contribution in [0.5, 0.6) is 0 Å². The molecule has 0 fully saturated rings. The molecule has 1 rings (SSSR count). The van der Waals surface area contributed by atoms with E-state index in [2.05, 4.69) is 44.8 Å². The molecule has 19 heavy (non-hydrogen) atoms. The zero-order valence-electron chi connectivity index (χ0n) is 11.6. The number of hydrogen-bond acceptors (Lipinski definition) is 4. The molecule has 1 aromatic rings. The lowest BCUT2D eigenvalue weighted by molar-refractivity contribution is 0.317. The van der Waals surface area contributed by atoms with Crippen LogP contribution >= 0.6 is 15.9 Å². The van der Waals surface area contributed by atoms with Gasteiger partial charge < -0.3 is 15.8 Å². The molecule has 0 atom stereocenters. The van der Waals surface area contributed by atoms with E-state index < -0.39 is 0 Å². The Hall–Kier alpha value is -1.30. The maximum absolute atomic E-state index is 8.60. The molecule has 0 radical (unpaired) electrons. The Morgan fingerprint density at radius 2 is 2.21 bits per heavy atom. The van der Waals surface area contributed by atoms with Gasteiger partial charge in [-0.2, -0.15) is 0 Å². The number of nitrogens with two attached hydrogens (primary N) is 1. The summed E-state index contributed by atoms with van der Waals surface area (Å²) in [6.45, 7) is 7.84. The minimum Gasteiger partial charge on any atom is -0.409 e. The van der Waals surface area contributed by atoms with Crippen molar-refractivity contribution in [3.63, 3.8) is 0 Å². The fourth-order valence-electron chi connectivity index (χ4n) is 1.75. The van der Waals surface area contributed by atoms with Crippen LogP contribution in [-0.4, -0.2) is 29.1 Å². The topological polar surface area (TPSA) is 74.7 Å². The smallest absolute Gasteiger partial charge is 0.140 e. The maximum atomic E-state index is 8.60. The maximum Gasteiger partial charge on any atom is 0.140 e. The first kappa shape index (κ1) is 15.8. The summed E-state index contributed by atoms with van der Waals surface area (Å²) in [5.41, 5.74) is 6.48. The highest BCUT2D eigenvalue weighted by Crippen LogP contribution is 2.20. The summed E-state index contributed by atoms with van der Waals surface area (Å²) in [5.74, 6) is 1.67.